The van der Waals surface area contributed by atoms with Gasteiger partial charge < -0.3 is 10.4 Å². The van der Waals surface area contributed by atoms with Gasteiger partial charge in [0.05, 0.1) is 13.1 Å². The topological polar surface area (TPSA) is 120 Å². The van der Waals surface area contributed by atoms with E-state index in [4.69, 9.17) is 0 Å². The van der Waals surface area contributed by atoms with Crippen LogP contribution >= 0.6 is 0 Å². The molecule has 1 aromatic carbocycles. The molecule has 2 heterocycles. The van der Waals surface area contributed by atoms with Gasteiger partial charge in [-0.3, -0.25) is 19.1 Å². The minimum atomic E-state index is -1.00. The number of benzene rings is 1. The molecular formula is C16H19N5O4. The van der Waals surface area contributed by atoms with Gasteiger partial charge in [0.1, 0.15) is 11.9 Å². The fourth-order valence-corrected chi connectivity index (χ4v) is 2.95. The van der Waals surface area contributed by atoms with Crippen LogP contribution in [0, 0.1) is 0 Å². The van der Waals surface area contributed by atoms with Gasteiger partial charge >= 0.3 is 11.7 Å². The molecule has 9 heteroatoms. The zero-order chi connectivity index (χ0) is 18.0. The highest BCUT2D eigenvalue weighted by molar-refractivity contribution is 5.94. The molecule has 3 rings (SSSR count). The second-order valence-electron chi connectivity index (χ2n) is 5.87. The molecule has 1 aliphatic rings. The maximum absolute atomic E-state index is 12.0. The van der Waals surface area contributed by atoms with Crippen molar-refractivity contribution in [1.29, 1.82) is 0 Å². The summed E-state index contributed by atoms with van der Waals surface area (Å²) in [5, 5.41) is 18.5. The summed E-state index contributed by atoms with van der Waals surface area (Å²) in [6.07, 6.45) is 0. The average molecular weight is 345 g/mol. The van der Waals surface area contributed by atoms with Gasteiger partial charge in [0.2, 0.25) is 0 Å². The van der Waals surface area contributed by atoms with Crippen molar-refractivity contribution in [2.45, 2.75) is 32.6 Å². The maximum atomic E-state index is 12.0. The second kappa shape index (κ2) is 6.89. The van der Waals surface area contributed by atoms with Gasteiger partial charge in [-0.05, 0) is 24.6 Å². The molecule has 2 aromatic rings. The Balaban J connectivity index is 1.83. The molecule has 0 radical (unpaired) electrons. The fourth-order valence-electron chi connectivity index (χ4n) is 2.95. The molecule has 9 nitrogen and oxygen atoms in total. The van der Waals surface area contributed by atoms with Crippen LogP contribution in [-0.4, -0.2) is 49.2 Å². The molecule has 132 valence electrons. The van der Waals surface area contributed by atoms with E-state index in [1.807, 2.05) is 13.0 Å². The third kappa shape index (κ3) is 3.45. The number of nitrogens with one attached hydrogen (secondary N) is 2. The Hall–Kier alpha value is -2.94. The molecule has 0 spiro atoms. The van der Waals surface area contributed by atoms with Gasteiger partial charge in [0.15, 0.2) is 0 Å². The van der Waals surface area contributed by atoms with E-state index >= 15 is 0 Å². The molecular weight excluding hydrogens is 326 g/mol. The van der Waals surface area contributed by atoms with E-state index in [0.717, 1.165) is 5.56 Å². The van der Waals surface area contributed by atoms with Crippen molar-refractivity contribution in [3.8, 4) is 0 Å². The Labute approximate surface area is 143 Å². The average Bonchev–Trinajstić information content (AvgIpc) is 2.95. The summed E-state index contributed by atoms with van der Waals surface area (Å²) in [5.41, 5.74) is 0.945. The Kier molecular flexibility index (Phi) is 4.66. The standard InChI is InChI=1S/C16H19N5O4/c1-2-17-14(22)11-5-3-4-10(6-11)7-20-9-13-18-19-16(25)21(13)8-12(20)15(23)24/h3-6,12H,2,7-9H2,1H3,(H,17,22)(H,19,25)(H,23,24). The van der Waals surface area contributed by atoms with Gasteiger partial charge in [-0.25, -0.2) is 9.89 Å². The molecule has 0 saturated carbocycles. The summed E-state index contributed by atoms with van der Waals surface area (Å²) in [4.78, 5) is 37.0. The zero-order valence-electron chi connectivity index (χ0n) is 13.7. The summed E-state index contributed by atoms with van der Waals surface area (Å²) in [6, 6.07) is 6.23. The van der Waals surface area contributed by atoms with Crippen LogP contribution in [0.4, 0.5) is 0 Å². The van der Waals surface area contributed by atoms with Crippen molar-refractivity contribution in [1.82, 2.24) is 25.0 Å². The fraction of sp³-hybridized carbons (Fsp3) is 0.375. The second-order valence-corrected chi connectivity index (χ2v) is 5.87. The number of carboxylic acid groups (broad SMARTS) is 1. The number of hydrogen-bond acceptors (Lipinski definition) is 5. The third-order valence-electron chi connectivity index (χ3n) is 4.18. The molecule has 1 aliphatic heterocycles. The predicted molar refractivity (Wildman–Crippen MR) is 88.0 cm³/mol. The number of carbonyl (C=O) groups is 2. The highest BCUT2D eigenvalue weighted by Crippen LogP contribution is 2.18. The molecule has 0 bridgehead atoms. The summed E-state index contributed by atoms with van der Waals surface area (Å²) in [5.74, 6) is -0.667. The first kappa shape index (κ1) is 16.9. The molecule has 1 amide bonds. The predicted octanol–water partition coefficient (Wildman–Crippen LogP) is -0.210. The van der Waals surface area contributed by atoms with Gasteiger partial charge in [-0.2, -0.15) is 5.10 Å². The first-order valence-electron chi connectivity index (χ1n) is 7.97. The smallest absolute Gasteiger partial charge is 0.343 e. The van der Waals surface area contributed by atoms with Crippen molar-refractivity contribution in [3.05, 3.63) is 51.7 Å². The Morgan fingerprint density at radius 3 is 2.96 bits per heavy atom. The van der Waals surface area contributed by atoms with Gasteiger partial charge in [-0.15, -0.1) is 0 Å². The van der Waals surface area contributed by atoms with Crippen LogP contribution in [-0.2, 0) is 24.4 Å². The number of hydrogen-bond donors (Lipinski definition) is 3. The van der Waals surface area contributed by atoms with Crippen LogP contribution in [0.3, 0.4) is 0 Å². The van der Waals surface area contributed by atoms with Crippen molar-refractivity contribution in [2.75, 3.05) is 6.54 Å². The molecule has 1 unspecified atom stereocenters. The van der Waals surface area contributed by atoms with Crippen LogP contribution in [0.25, 0.3) is 0 Å². The molecule has 0 fully saturated rings. The van der Waals surface area contributed by atoms with E-state index in [0.29, 0.717) is 24.5 Å². The minimum Gasteiger partial charge on any atom is -0.480 e. The summed E-state index contributed by atoms with van der Waals surface area (Å²) < 4.78 is 1.35. The van der Waals surface area contributed by atoms with E-state index in [9.17, 15) is 19.5 Å². The number of amides is 1. The highest BCUT2D eigenvalue weighted by atomic mass is 16.4. The minimum absolute atomic E-state index is 0.0377. The monoisotopic (exact) mass is 345 g/mol. The number of nitrogens with zero attached hydrogens (tertiary/aromatic N) is 3. The van der Waals surface area contributed by atoms with E-state index in [1.165, 1.54) is 4.57 Å². The van der Waals surface area contributed by atoms with Crippen LogP contribution in [0.5, 0.6) is 0 Å². The Morgan fingerprint density at radius 1 is 1.44 bits per heavy atom. The van der Waals surface area contributed by atoms with Crippen molar-refractivity contribution in [3.63, 3.8) is 0 Å². The van der Waals surface area contributed by atoms with Crippen LogP contribution < -0.4 is 11.0 Å². The normalized spacial score (nSPS) is 17.1. The number of aromatic amines is 1. The van der Waals surface area contributed by atoms with Gasteiger partial charge in [-0.1, -0.05) is 12.1 Å². The number of H-pyrrole nitrogens is 1. The van der Waals surface area contributed by atoms with Crippen LogP contribution in [0.1, 0.15) is 28.7 Å². The van der Waals surface area contributed by atoms with Crippen molar-refractivity contribution < 1.29 is 14.7 Å². The number of aliphatic carboxylic acids is 1. The highest BCUT2D eigenvalue weighted by Gasteiger charge is 2.33. The van der Waals surface area contributed by atoms with E-state index in [2.05, 4.69) is 15.5 Å². The molecule has 3 N–H and O–H groups in total. The number of carboxylic acids is 1. The zero-order valence-corrected chi connectivity index (χ0v) is 13.7. The molecule has 0 aliphatic carbocycles. The lowest BCUT2D eigenvalue weighted by atomic mass is 10.1. The van der Waals surface area contributed by atoms with Gasteiger partial charge in [0, 0.05) is 18.7 Å². The number of carbonyl (C=O) groups excluding carboxylic acids is 1. The van der Waals surface area contributed by atoms with Crippen LogP contribution in [0.15, 0.2) is 29.1 Å². The summed E-state index contributed by atoms with van der Waals surface area (Å²) in [6.45, 7) is 2.99. The maximum Gasteiger partial charge on any atom is 0.343 e. The van der Waals surface area contributed by atoms with Crippen molar-refractivity contribution in [2.24, 2.45) is 0 Å². The number of aromatic nitrogens is 3. The quantitative estimate of drug-likeness (QED) is 0.690. The van der Waals surface area contributed by atoms with E-state index in [-0.39, 0.29) is 19.0 Å². The third-order valence-corrected chi connectivity index (χ3v) is 4.18. The molecule has 25 heavy (non-hydrogen) atoms. The number of fused-ring (bicyclic) bond motifs is 1. The van der Waals surface area contributed by atoms with E-state index < -0.39 is 17.7 Å². The summed E-state index contributed by atoms with van der Waals surface area (Å²) in [7, 11) is 0. The van der Waals surface area contributed by atoms with Crippen molar-refractivity contribution >= 4 is 11.9 Å². The first-order valence-corrected chi connectivity index (χ1v) is 7.97. The first-order chi connectivity index (χ1) is 12.0. The SMILES string of the molecule is CCNC(=O)c1cccc(CN2Cc3n[nH]c(=O)n3CC2C(=O)O)c1. The molecule has 1 aromatic heterocycles. The Bertz CT molecular complexity index is 856. The Morgan fingerprint density at radius 2 is 2.24 bits per heavy atom. The lowest BCUT2D eigenvalue weighted by Crippen LogP contribution is -2.49. The van der Waals surface area contributed by atoms with Crippen LogP contribution in [0.2, 0.25) is 0 Å². The lowest BCUT2D eigenvalue weighted by molar-refractivity contribution is -0.145. The number of rotatable bonds is 5. The largest absolute Gasteiger partial charge is 0.480 e. The van der Waals surface area contributed by atoms with Gasteiger partial charge in [0.25, 0.3) is 5.91 Å². The molecule has 0 saturated heterocycles. The summed E-state index contributed by atoms with van der Waals surface area (Å²) >= 11 is 0. The van der Waals surface area contributed by atoms with E-state index in [1.54, 1.807) is 23.1 Å². The molecule has 1 atom stereocenters. The lowest BCUT2D eigenvalue weighted by Gasteiger charge is -2.32.